The largest absolute Gasteiger partial charge is 0.320 e. The highest BCUT2D eigenvalue weighted by atomic mass is 16.2. The summed E-state index contributed by atoms with van der Waals surface area (Å²) in [4.78, 5) is 35.7. The predicted octanol–water partition coefficient (Wildman–Crippen LogP) is 1.35. The Morgan fingerprint density at radius 2 is 2.09 bits per heavy atom. The Bertz CT molecular complexity index is 807. The van der Waals surface area contributed by atoms with Crippen molar-refractivity contribution in [1.29, 1.82) is 0 Å². The molecule has 1 aliphatic rings. The van der Waals surface area contributed by atoms with Gasteiger partial charge >= 0.3 is 0 Å². The van der Waals surface area contributed by atoms with Crippen molar-refractivity contribution in [3.8, 4) is 0 Å². The molecule has 3 rings (SSSR count). The van der Waals surface area contributed by atoms with Crippen molar-refractivity contribution in [1.82, 2.24) is 15.1 Å². The molecule has 7 heteroatoms. The maximum Gasteiger partial charge on any atom is 0.276 e. The van der Waals surface area contributed by atoms with Crippen LogP contribution in [0.2, 0.25) is 0 Å². The Morgan fingerprint density at radius 1 is 1.32 bits per heavy atom. The highest BCUT2D eigenvalue weighted by Gasteiger charge is 2.30. The molecular weight excluding hydrogens is 284 g/mol. The van der Waals surface area contributed by atoms with Crippen molar-refractivity contribution in [2.24, 2.45) is 0 Å². The molecule has 112 valence electrons. The summed E-state index contributed by atoms with van der Waals surface area (Å²) in [7, 11) is 0. The fraction of sp³-hybridized carbons (Fsp3) is 0.200. The van der Waals surface area contributed by atoms with E-state index in [9.17, 15) is 14.4 Å². The van der Waals surface area contributed by atoms with Gasteiger partial charge in [0.25, 0.3) is 17.7 Å². The van der Waals surface area contributed by atoms with Crippen LogP contribution in [0, 0.1) is 6.92 Å². The van der Waals surface area contributed by atoms with Gasteiger partial charge in [0, 0.05) is 12.2 Å². The molecule has 1 aliphatic heterocycles. The van der Waals surface area contributed by atoms with Gasteiger partial charge in [-0.3, -0.25) is 24.4 Å². The fourth-order valence-electron chi connectivity index (χ4n) is 2.45. The van der Waals surface area contributed by atoms with E-state index in [0.29, 0.717) is 12.2 Å². The van der Waals surface area contributed by atoms with Crippen LogP contribution in [-0.4, -0.2) is 27.5 Å². The molecular formula is C15H14N4O3. The van der Waals surface area contributed by atoms with Crippen molar-refractivity contribution in [3.05, 3.63) is 46.8 Å². The number of aromatic nitrogens is 2. The van der Waals surface area contributed by atoms with Crippen molar-refractivity contribution in [3.63, 3.8) is 0 Å². The van der Waals surface area contributed by atoms with E-state index in [1.807, 2.05) is 13.8 Å². The number of nitrogens with zero attached hydrogens (tertiary/aromatic N) is 2. The smallest absolute Gasteiger partial charge is 0.276 e. The maximum atomic E-state index is 12.3. The lowest BCUT2D eigenvalue weighted by Gasteiger charge is -2.06. The molecule has 2 N–H and O–H groups in total. The molecule has 1 aromatic heterocycles. The molecule has 0 saturated heterocycles. The summed E-state index contributed by atoms with van der Waals surface area (Å²) in [6.07, 6.45) is 0. The number of carbonyl (C=O) groups is 3. The molecule has 0 unspecified atom stereocenters. The van der Waals surface area contributed by atoms with Gasteiger partial charge < -0.3 is 5.32 Å². The van der Waals surface area contributed by atoms with E-state index in [1.54, 1.807) is 28.9 Å². The predicted molar refractivity (Wildman–Crippen MR) is 78.8 cm³/mol. The summed E-state index contributed by atoms with van der Waals surface area (Å²) >= 11 is 0. The van der Waals surface area contributed by atoms with Crippen LogP contribution in [0.4, 0.5) is 5.69 Å². The van der Waals surface area contributed by atoms with Crippen molar-refractivity contribution < 1.29 is 14.4 Å². The van der Waals surface area contributed by atoms with E-state index < -0.39 is 17.7 Å². The van der Waals surface area contributed by atoms with Crippen LogP contribution in [0.25, 0.3) is 0 Å². The minimum atomic E-state index is -0.508. The second kappa shape index (κ2) is 5.10. The molecule has 0 saturated carbocycles. The standard InChI is InChI=1S/C15H14N4O3/c1-3-19-8(2)7-11(18-19)14(21)16-10-6-4-5-9-12(10)15(22)17-13(9)20/h4-7H,3H2,1-2H3,(H,16,21)(H,17,20,22). The van der Waals surface area contributed by atoms with Crippen LogP contribution < -0.4 is 10.6 Å². The molecule has 7 nitrogen and oxygen atoms in total. The molecule has 0 radical (unpaired) electrons. The first-order valence-corrected chi connectivity index (χ1v) is 6.85. The van der Waals surface area contributed by atoms with Crippen LogP contribution >= 0.6 is 0 Å². The maximum absolute atomic E-state index is 12.3. The Balaban J connectivity index is 1.92. The number of aryl methyl sites for hydroxylation is 2. The quantitative estimate of drug-likeness (QED) is 0.836. The van der Waals surface area contributed by atoms with E-state index in [1.165, 1.54) is 0 Å². The Labute approximate surface area is 126 Å². The molecule has 2 aromatic rings. The summed E-state index contributed by atoms with van der Waals surface area (Å²) in [6, 6.07) is 6.41. The van der Waals surface area contributed by atoms with Gasteiger partial charge in [-0.15, -0.1) is 0 Å². The monoisotopic (exact) mass is 298 g/mol. The first-order valence-electron chi connectivity index (χ1n) is 6.85. The first kappa shape index (κ1) is 14.0. The average molecular weight is 298 g/mol. The Hall–Kier alpha value is -2.96. The van der Waals surface area contributed by atoms with Crippen LogP contribution in [0.5, 0.6) is 0 Å². The third kappa shape index (κ3) is 2.16. The van der Waals surface area contributed by atoms with Crippen LogP contribution in [0.1, 0.15) is 43.8 Å². The summed E-state index contributed by atoms with van der Waals surface area (Å²) in [5.74, 6) is -1.38. The second-order valence-electron chi connectivity index (χ2n) is 4.95. The van der Waals surface area contributed by atoms with Crippen LogP contribution in [0.3, 0.4) is 0 Å². The molecule has 0 fully saturated rings. The number of imide groups is 1. The van der Waals surface area contributed by atoms with E-state index in [-0.39, 0.29) is 16.8 Å². The number of rotatable bonds is 3. The Kier molecular flexibility index (Phi) is 3.25. The number of benzene rings is 1. The van der Waals surface area contributed by atoms with Gasteiger partial charge in [-0.1, -0.05) is 6.07 Å². The zero-order valence-corrected chi connectivity index (χ0v) is 12.1. The topological polar surface area (TPSA) is 93.1 Å². The second-order valence-corrected chi connectivity index (χ2v) is 4.95. The van der Waals surface area contributed by atoms with Gasteiger partial charge in [-0.05, 0) is 32.0 Å². The number of hydrogen-bond donors (Lipinski definition) is 2. The van der Waals surface area contributed by atoms with Crippen LogP contribution in [0.15, 0.2) is 24.3 Å². The number of amides is 3. The molecule has 0 aliphatic carbocycles. The van der Waals surface area contributed by atoms with Gasteiger partial charge in [0.05, 0.1) is 16.8 Å². The number of nitrogens with one attached hydrogen (secondary N) is 2. The van der Waals surface area contributed by atoms with E-state index >= 15 is 0 Å². The molecule has 3 amide bonds. The Morgan fingerprint density at radius 3 is 2.77 bits per heavy atom. The van der Waals surface area contributed by atoms with E-state index in [2.05, 4.69) is 15.7 Å². The lowest BCUT2D eigenvalue weighted by molar-refractivity contribution is 0.0879. The van der Waals surface area contributed by atoms with E-state index in [4.69, 9.17) is 0 Å². The van der Waals surface area contributed by atoms with Gasteiger partial charge in [0.2, 0.25) is 0 Å². The van der Waals surface area contributed by atoms with Crippen molar-refractivity contribution in [2.45, 2.75) is 20.4 Å². The minimum Gasteiger partial charge on any atom is -0.320 e. The minimum absolute atomic E-state index is 0.187. The SMILES string of the molecule is CCn1nc(C(=O)Nc2cccc3c2C(=O)NC3=O)cc1C. The van der Waals surface area contributed by atoms with Crippen LogP contribution in [-0.2, 0) is 6.54 Å². The van der Waals surface area contributed by atoms with Gasteiger partial charge in [-0.25, -0.2) is 0 Å². The van der Waals surface area contributed by atoms with E-state index in [0.717, 1.165) is 5.69 Å². The van der Waals surface area contributed by atoms with Gasteiger partial charge in [0.15, 0.2) is 5.69 Å². The molecule has 1 aromatic carbocycles. The molecule has 22 heavy (non-hydrogen) atoms. The molecule has 0 atom stereocenters. The zero-order valence-electron chi connectivity index (χ0n) is 12.1. The summed E-state index contributed by atoms with van der Waals surface area (Å²) in [5, 5.41) is 9.04. The number of fused-ring (bicyclic) bond motifs is 1. The average Bonchev–Trinajstić information content (AvgIpc) is 3.00. The van der Waals surface area contributed by atoms with Crippen molar-refractivity contribution in [2.75, 3.05) is 5.32 Å². The summed E-state index contributed by atoms with van der Waals surface area (Å²) in [6.45, 7) is 4.46. The lowest BCUT2D eigenvalue weighted by Crippen LogP contribution is -2.21. The lowest BCUT2D eigenvalue weighted by atomic mass is 10.1. The number of carbonyl (C=O) groups excluding carboxylic acids is 3. The first-order chi connectivity index (χ1) is 10.5. The molecule has 0 spiro atoms. The van der Waals surface area contributed by atoms with Crippen molar-refractivity contribution >= 4 is 23.4 Å². The normalized spacial score (nSPS) is 13.0. The fourth-order valence-corrected chi connectivity index (χ4v) is 2.45. The molecule has 2 heterocycles. The highest BCUT2D eigenvalue weighted by Crippen LogP contribution is 2.24. The highest BCUT2D eigenvalue weighted by molar-refractivity contribution is 6.24. The third-order valence-corrected chi connectivity index (χ3v) is 3.52. The van der Waals surface area contributed by atoms with Gasteiger partial charge in [-0.2, -0.15) is 5.10 Å². The number of anilines is 1. The number of hydrogen-bond acceptors (Lipinski definition) is 4. The zero-order chi connectivity index (χ0) is 15.9. The summed E-state index contributed by atoms with van der Waals surface area (Å²) in [5.41, 5.74) is 1.89. The van der Waals surface area contributed by atoms with Gasteiger partial charge in [0.1, 0.15) is 0 Å². The molecule has 0 bridgehead atoms. The third-order valence-electron chi connectivity index (χ3n) is 3.52. The summed E-state index contributed by atoms with van der Waals surface area (Å²) < 4.78 is 1.71.